The van der Waals surface area contributed by atoms with Crippen LogP contribution in [0.5, 0.6) is 11.5 Å². The van der Waals surface area contributed by atoms with E-state index in [1.807, 2.05) is 5.38 Å². The van der Waals surface area contributed by atoms with Gasteiger partial charge in [0.05, 0.1) is 0 Å². The Morgan fingerprint density at radius 1 is 1.00 bits per heavy atom. The molecule has 2 N–H and O–H groups in total. The van der Waals surface area contributed by atoms with Crippen LogP contribution >= 0.6 is 11.3 Å². The lowest BCUT2D eigenvalue weighted by atomic mass is 9.95. The molecule has 0 radical (unpaired) electrons. The number of halogens is 1. The van der Waals surface area contributed by atoms with Crippen molar-refractivity contribution < 1.29 is 32.5 Å². The normalized spacial score (nSPS) is 16.0. The minimum Gasteiger partial charge on any atom is -0.454 e. The van der Waals surface area contributed by atoms with Crippen LogP contribution in [0.25, 0.3) is 0 Å². The SMILES string of the molecule is O=C(C[S@](=O)CC(=O)N(c1ccc2c(c1)OCO2)[C@H](C(=O)NC1CCCCC1)c1cccs1)Nc1ccc(F)cc1. The van der Waals surface area contributed by atoms with Crippen molar-refractivity contribution in [2.75, 3.05) is 28.5 Å². The number of hydrogen-bond acceptors (Lipinski definition) is 7. The number of benzene rings is 2. The number of carbonyl (C=O) groups excluding carboxylic acids is 3. The maximum atomic E-state index is 13.9. The maximum Gasteiger partial charge on any atom is 0.248 e. The second kappa shape index (κ2) is 13.3. The summed E-state index contributed by atoms with van der Waals surface area (Å²) in [6, 6.07) is 12.7. The van der Waals surface area contributed by atoms with E-state index in [9.17, 15) is 23.0 Å². The molecule has 0 bridgehead atoms. The number of amides is 3. The molecule has 2 aromatic carbocycles. The lowest BCUT2D eigenvalue weighted by molar-refractivity contribution is -0.126. The predicted octanol–water partition coefficient (Wildman–Crippen LogP) is 4.53. The Morgan fingerprint density at radius 2 is 1.76 bits per heavy atom. The van der Waals surface area contributed by atoms with Gasteiger partial charge in [0, 0.05) is 39.2 Å². The molecule has 2 atom stereocenters. The Morgan fingerprint density at radius 3 is 2.49 bits per heavy atom. The van der Waals surface area contributed by atoms with E-state index in [4.69, 9.17) is 9.47 Å². The summed E-state index contributed by atoms with van der Waals surface area (Å²) in [6.45, 7) is 0.0381. The first-order chi connectivity index (χ1) is 19.9. The first-order valence-corrected chi connectivity index (χ1v) is 15.7. The van der Waals surface area contributed by atoms with E-state index in [2.05, 4.69) is 10.6 Å². The Hall–Kier alpha value is -3.77. The quantitative estimate of drug-likeness (QED) is 0.354. The summed E-state index contributed by atoms with van der Waals surface area (Å²) < 4.78 is 37.1. The number of ether oxygens (including phenoxy) is 2. The molecule has 1 saturated carbocycles. The minimum atomic E-state index is -1.90. The molecule has 3 amide bonds. The maximum absolute atomic E-state index is 13.9. The van der Waals surface area contributed by atoms with Gasteiger partial charge in [-0.3, -0.25) is 23.5 Å². The molecular weight excluding hydrogens is 569 g/mol. The van der Waals surface area contributed by atoms with Crippen LogP contribution < -0.4 is 25.0 Å². The van der Waals surface area contributed by atoms with Crippen molar-refractivity contribution in [1.82, 2.24) is 5.32 Å². The molecule has 1 aliphatic heterocycles. The number of carbonyl (C=O) groups is 3. The number of thiophene rings is 1. The van der Waals surface area contributed by atoms with Gasteiger partial charge in [-0.2, -0.15) is 0 Å². The molecule has 1 fully saturated rings. The second-order valence-corrected chi connectivity index (χ2v) is 12.3. The van der Waals surface area contributed by atoms with E-state index in [1.54, 1.807) is 30.3 Å². The van der Waals surface area contributed by atoms with Crippen LogP contribution in [-0.4, -0.2) is 46.3 Å². The second-order valence-electron chi connectivity index (χ2n) is 9.85. The molecule has 2 aliphatic rings. The summed E-state index contributed by atoms with van der Waals surface area (Å²) in [5.41, 5.74) is 0.725. The van der Waals surface area contributed by atoms with Crippen LogP contribution in [-0.2, 0) is 25.2 Å². The van der Waals surface area contributed by atoms with Gasteiger partial charge in [-0.15, -0.1) is 11.3 Å². The number of nitrogens with zero attached hydrogens (tertiary/aromatic N) is 1. The molecule has 0 spiro atoms. The van der Waals surface area contributed by atoms with Crippen LogP contribution in [0.15, 0.2) is 60.0 Å². The summed E-state index contributed by atoms with van der Waals surface area (Å²) in [5.74, 6) is -1.95. The third-order valence-corrected chi connectivity index (χ3v) is 8.96. The third-order valence-electron chi connectivity index (χ3n) is 6.88. The Labute approximate surface area is 243 Å². The predicted molar refractivity (Wildman–Crippen MR) is 155 cm³/mol. The first kappa shape index (κ1) is 28.7. The van der Waals surface area contributed by atoms with E-state index in [-0.39, 0.29) is 18.7 Å². The average molecular weight is 600 g/mol. The lowest BCUT2D eigenvalue weighted by Gasteiger charge is -2.32. The van der Waals surface area contributed by atoms with Crippen LogP contribution in [0, 0.1) is 5.82 Å². The number of anilines is 2. The molecule has 2 heterocycles. The molecule has 3 aromatic rings. The van der Waals surface area contributed by atoms with Gasteiger partial charge in [0.1, 0.15) is 23.4 Å². The highest BCUT2D eigenvalue weighted by atomic mass is 32.2. The van der Waals surface area contributed by atoms with Gasteiger partial charge in [0.2, 0.25) is 24.5 Å². The molecule has 216 valence electrons. The highest BCUT2D eigenvalue weighted by Gasteiger charge is 2.36. The number of nitrogens with one attached hydrogen (secondary N) is 2. The summed E-state index contributed by atoms with van der Waals surface area (Å²) in [6.07, 6.45) is 4.92. The van der Waals surface area contributed by atoms with Crippen molar-refractivity contribution >= 4 is 51.2 Å². The Kier molecular flexibility index (Phi) is 9.30. The zero-order chi connectivity index (χ0) is 28.8. The van der Waals surface area contributed by atoms with E-state index in [0.717, 1.165) is 32.1 Å². The van der Waals surface area contributed by atoms with Gasteiger partial charge in [-0.05, 0) is 60.7 Å². The van der Waals surface area contributed by atoms with E-state index >= 15 is 0 Å². The van der Waals surface area contributed by atoms with Gasteiger partial charge >= 0.3 is 0 Å². The van der Waals surface area contributed by atoms with Crippen molar-refractivity contribution in [3.8, 4) is 11.5 Å². The lowest BCUT2D eigenvalue weighted by Crippen LogP contribution is -2.48. The third kappa shape index (κ3) is 7.31. The Balaban J connectivity index is 1.39. The van der Waals surface area contributed by atoms with Crippen LogP contribution in [0.2, 0.25) is 0 Å². The largest absolute Gasteiger partial charge is 0.454 e. The summed E-state index contributed by atoms with van der Waals surface area (Å²) in [7, 11) is -1.90. The molecule has 0 saturated heterocycles. The molecule has 1 aliphatic carbocycles. The minimum absolute atomic E-state index is 0.0108. The zero-order valence-electron chi connectivity index (χ0n) is 22.2. The number of fused-ring (bicyclic) bond motifs is 1. The number of hydrogen-bond donors (Lipinski definition) is 2. The van der Waals surface area contributed by atoms with Gasteiger partial charge in [0.15, 0.2) is 11.5 Å². The zero-order valence-corrected chi connectivity index (χ0v) is 23.8. The Bertz CT molecular complexity index is 1410. The van der Waals surface area contributed by atoms with Crippen molar-refractivity contribution in [3.05, 3.63) is 70.7 Å². The highest BCUT2D eigenvalue weighted by molar-refractivity contribution is 7.86. The van der Waals surface area contributed by atoms with Crippen molar-refractivity contribution in [1.29, 1.82) is 0 Å². The van der Waals surface area contributed by atoms with Gasteiger partial charge in [-0.25, -0.2) is 4.39 Å². The van der Waals surface area contributed by atoms with Crippen LogP contribution in [0.3, 0.4) is 0 Å². The van der Waals surface area contributed by atoms with Crippen LogP contribution in [0.4, 0.5) is 15.8 Å². The smallest absolute Gasteiger partial charge is 0.248 e. The summed E-state index contributed by atoms with van der Waals surface area (Å²) >= 11 is 1.34. The molecule has 41 heavy (non-hydrogen) atoms. The van der Waals surface area contributed by atoms with Crippen molar-refractivity contribution in [2.45, 2.75) is 44.2 Å². The molecule has 9 nitrogen and oxygen atoms in total. The van der Waals surface area contributed by atoms with Gasteiger partial charge in [-0.1, -0.05) is 25.3 Å². The molecular formula is C29H30FN3O6S2. The fourth-order valence-electron chi connectivity index (χ4n) is 4.95. The van der Waals surface area contributed by atoms with Crippen molar-refractivity contribution in [3.63, 3.8) is 0 Å². The van der Waals surface area contributed by atoms with E-state index in [0.29, 0.717) is 27.8 Å². The average Bonchev–Trinajstić information content (AvgIpc) is 3.65. The molecule has 5 rings (SSSR count). The molecule has 0 unspecified atom stereocenters. The number of rotatable bonds is 10. The summed E-state index contributed by atoms with van der Waals surface area (Å²) in [4.78, 5) is 42.2. The van der Waals surface area contributed by atoms with Crippen LogP contribution in [0.1, 0.15) is 43.0 Å². The van der Waals surface area contributed by atoms with Crippen molar-refractivity contribution in [2.24, 2.45) is 0 Å². The first-order valence-electron chi connectivity index (χ1n) is 13.3. The standard InChI is InChI=1S/C29H30FN3O6S2/c30-19-8-10-21(11-9-19)31-26(34)16-41(37)17-27(35)33(22-12-13-23-24(15-22)39-18-38-23)28(25-7-4-14-40-25)29(36)32-20-5-2-1-3-6-20/h4,7-15,20,28H,1-3,5-6,16-18H2,(H,31,34)(H,32,36)/t28-,41-/m0/s1. The molecule has 12 heteroatoms. The highest BCUT2D eigenvalue weighted by Crippen LogP contribution is 2.39. The van der Waals surface area contributed by atoms with E-state index in [1.165, 1.54) is 40.5 Å². The fraction of sp³-hybridized carbons (Fsp3) is 0.345. The molecule has 1 aromatic heterocycles. The topological polar surface area (TPSA) is 114 Å². The summed E-state index contributed by atoms with van der Waals surface area (Å²) in [5, 5.41) is 7.52. The van der Waals surface area contributed by atoms with Gasteiger partial charge in [0.25, 0.3) is 0 Å². The van der Waals surface area contributed by atoms with E-state index < -0.39 is 46.0 Å². The van der Waals surface area contributed by atoms with Gasteiger partial charge < -0.3 is 20.1 Å². The monoisotopic (exact) mass is 599 g/mol. The fourth-order valence-corrected chi connectivity index (χ4v) is 6.65.